The van der Waals surface area contributed by atoms with Gasteiger partial charge in [-0.25, -0.2) is 14.8 Å². The van der Waals surface area contributed by atoms with Crippen molar-refractivity contribution in [1.82, 2.24) is 9.97 Å². The van der Waals surface area contributed by atoms with E-state index in [-0.39, 0.29) is 5.28 Å². The summed E-state index contributed by atoms with van der Waals surface area (Å²) in [5.74, 6) is 0.543. The molecular formula is C18H16ClN5O2. The monoisotopic (exact) mass is 369 g/mol. The van der Waals surface area contributed by atoms with Gasteiger partial charge >= 0.3 is 6.09 Å². The number of aromatic nitrogens is 2. The molecule has 0 fully saturated rings. The van der Waals surface area contributed by atoms with Crippen LogP contribution in [0.4, 0.5) is 27.7 Å². The van der Waals surface area contributed by atoms with Crippen LogP contribution in [0.3, 0.4) is 0 Å². The molecule has 2 aromatic carbocycles. The van der Waals surface area contributed by atoms with Gasteiger partial charge in [-0.05, 0) is 41.9 Å². The van der Waals surface area contributed by atoms with Gasteiger partial charge in [-0.3, -0.25) is 5.32 Å². The van der Waals surface area contributed by atoms with E-state index in [1.165, 1.54) is 0 Å². The van der Waals surface area contributed by atoms with Gasteiger partial charge in [-0.2, -0.15) is 0 Å². The lowest BCUT2D eigenvalue weighted by Gasteiger charge is -2.13. The first kappa shape index (κ1) is 17.5. The highest BCUT2D eigenvalue weighted by Crippen LogP contribution is 2.23. The highest BCUT2D eigenvalue weighted by Gasteiger charge is 2.08. The van der Waals surface area contributed by atoms with Crippen molar-refractivity contribution in [3.05, 3.63) is 71.6 Å². The molecule has 8 heteroatoms. The zero-order chi connectivity index (χ0) is 18.4. The fraction of sp³-hybridized carbons (Fsp3) is 0.0556. The predicted molar refractivity (Wildman–Crippen MR) is 102 cm³/mol. The Bertz CT molecular complexity index is 905. The van der Waals surface area contributed by atoms with E-state index in [4.69, 9.17) is 16.7 Å². The Morgan fingerprint density at radius 1 is 1.04 bits per heavy atom. The van der Waals surface area contributed by atoms with E-state index in [0.717, 1.165) is 11.3 Å². The minimum absolute atomic E-state index is 0.121. The van der Waals surface area contributed by atoms with Gasteiger partial charge in [-0.15, -0.1) is 0 Å². The maximum Gasteiger partial charge on any atom is 0.409 e. The zero-order valence-electron chi connectivity index (χ0n) is 13.6. The van der Waals surface area contributed by atoms with Crippen molar-refractivity contribution >= 4 is 40.6 Å². The molecule has 26 heavy (non-hydrogen) atoms. The summed E-state index contributed by atoms with van der Waals surface area (Å²) in [6, 6.07) is 16.6. The van der Waals surface area contributed by atoms with Gasteiger partial charge in [0, 0.05) is 35.4 Å². The number of nitrogens with one attached hydrogen (secondary N) is 3. The molecule has 0 atom stereocenters. The molecule has 1 amide bonds. The number of hydrogen-bond donors (Lipinski definition) is 4. The van der Waals surface area contributed by atoms with Crippen molar-refractivity contribution in [3.63, 3.8) is 0 Å². The lowest BCUT2D eigenvalue weighted by Crippen LogP contribution is -2.08. The molecule has 0 aliphatic heterocycles. The van der Waals surface area contributed by atoms with Gasteiger partial charge in [0.2, 0.25) is 5.28 Å². The van der Waals surface area contributed by atoms with E-state index in [1.54, 1.807) is 30.5 Å². The average Bonchev–Trinajstić information content (AvgIpc) is 2.62. The van der Waals surface area contributed by atoms with Gasteiger partial charge in [0.05, 0.1) is 0 Å². The van der Waals surface area contributed by atoms with Gasteiger partial charge in [-0.1, -0.05) is 24.3 Å². The number of rotatable bonds is 6. The molecular weight excluding hydrogens is 354 g/mol. The topological polar surface area (TPSA) is 99.2 Å². The van der Waals surface area contributed by atoms with E-state index < -0.39 is 6.09 Å². The molecule has 0 spiro atoms. The predicted octanol–water partition coefficient (Wildman–Crippen LogP) is 4.58. The van der Waals surface area contributed by atoms with E-state index in [0.29, 0.717) is 23.7 Å². The molecule has 7 nitrogen and oxygen atoms in total. The summed E-state index contributed by atoms with van der Waals surface area (Å²) in [6.45, 7) is 0.497. The molecule has 1 heterocycles. The first-order valence-corrected chi connectivity index (χ1v) is 8.15. The average molecular weight is 370 g/mol. The van der Waals surface area contributed by atoms with E-state index >= 15 is 0 Å². The van der Waals surface area contributed by atoms with Crippen molar-refractivity contribution in [2.75, 3.05) is 16.0 Å². The van der Waals surface area contributed by atoms with E-state index in [1.807, 2.05) is 30.3 Å². The number of halogens is 1. The molecule has 3 rings (SSSR count). The van der Waals surface area contributed by atoms with Crippen LogP contribution in [0, 0.1) is 0 Å². The molecule has 3 aromatic rings. The van der Waals surface area contributed by atoms with Crippen LogP contribution in [-0.2, 0) is 6.54 Å². The van der Waals surface area contributed by atoms with Crippen LogP contribution in [0.5, 0.6) is 0 Å². The molecule has 0 unspecified atom stereocenters. The number of benzene rings is 2. The Hall–Kier alpha value is -3.32. The van der Waals surface area contributed by atoms with Gasteiger partial charge < -0.3 is 15.7 Å². The fourth-order valence-corrected chi connectivity index (χ4v) is 2.44. The van der Waals surface area contributed by atoms with Gasteiger partial charge in [0.15, 0.2) is 0 Å². The summed E-state index contributed by atoms with van der Waals surface area (Å²) < 4.78 is 0. The highest BCUT2D eigenvalue weighted by molar-refractivity contribution is 6.28. The van der Waals surface area contributed by atoms with Crippen LogP contribution in [0.1, 0.15) is 5.56 Å². The van der Waals surface area contributed by atoms with Gasteiger partial charge in [0.1, 0.15) is 5.82 Å². The number of carbonyl (C=O) groups is 1. The Morgan fingerprint density at radius 3 is 2.54 bits per heavy atom. The summed E-state index contributed by atoms with van der Waals surface area (Å²) in [5.41, 5.74) is 2.91. The van der Waals surface area contributed by atoms with Crippen molar-refractivity contribution in [2.24, 2.45) is 0 Å². The quantitative estimate of drug-likeness (QED) is 0.475. The Balaban J connectivity index is 1.78. The number of amides is 1. The SMILES string of the molecule is O=C(O)Nc1cccc(Nc2nc(Cl)ncc2CNc2ccccc2)c1. The number of anilines is 4. The van der Waals surface area contributed by atoms with Crippen LogP contribution in [0.15, 0.2) is 60.8 Å². The Kier molecular flexibility index (Phi) is 5.50. The minimum Gasteiger partial charge on any atom is -0.465 e. The molecule has 1 aromatic heterocycles. The van der Waals surface area contributed by atoms with Crippen LogP contribution in [-0.4, -0.2) is 21.2 Å². The summed E-state index contributed by atoms with van der Waals surface area (Å²) in [7, 11) is 0. The van der Waals surface area contributed by atoms with Crippen molar-refractivity contribution < 1.29 is 9.90 Å². The number of para-hydroxylation sites is 1. The van der Waals surface area contributed by atoms with Crippen LogP contribution >= 0.6 is 11.6 Å². The molecule has 0 saturated heterocycles. The lowest BCUT2D eigenvalue weighted by molar-refractivity contribution is 0.210. The van der Waals surface area contributed by atoms with E-state index in [2.05, 4.69) is 25.9 Å². The molecule has 0 aliphatic carbocycles. The number of carboxylic acid groups (broad SMARTS) is 1. The molecule has 0 saturated carbocycles. The normalized spacial score (nSPS) is 10.2. The molecule has 0 bridgehead atoms. The second-order valence-corrected chi connectivity index (χ2v) is 5.71. The first-order chi connectivity index (χ1) is 12.6. The third kappa shape index (κ3) is 4.84. The van der Waals surface area contributed by atoms with Crippen molar-refractivity contribution in [2.45, 2.75) is 6.54 Å². The lowest BCUT2D eigenvalue weighted by atomic mass is 10.2. The van der Waals surface area contributed by atoms with Crippen LogP contribution < -0.4 is 16.0 Å². The molecule has 0 radical (unpaired) electrons. The number of hydrogen-bond acceptors (Lipinski definition) is 5. The second-order valence-electron chi connectivity index (χ2n) is 5.37. The third-order valence-corrected chi connectivity index (χ3v) is 3.65. The number of nitrogens with zero attached hydrogens (tertiary/aromatic N) is 2. The van der Waals surface area contributed by atoms with E-state index in [9.17, 15) is 4.79 Å². The molecule has 132 valence electrons. The third-order valence-electron chi connectivity index (χ3n) is 3.47. The second kappa shape index (κ2) is 8.17. The molecule has 4 N–H and O–H groups in total. The fourth-order valence-electron chi connectivity index (χ4n) is 2.31. The van der Waals surface area contributed by atoms with Gasteiger partial charge in [0.25, 0.3) is 0 Å². The van der Waals surface area contributed by atoms with Crippen molar-refractivity contribution in [3.8, 4) is 0 Å². The summed E-state index contributed by atoms with van der Waals surface area (Å²) in [4.78, 5) is 19.1. The minimum atomic E-state index is -1.13. The Morgan fingerprint density at radius 2 is 1.77 bits per heavy atom. The summed E-state index contributed by atoms with van der Waals surface area (Å²) >= 11 is 5.93. The first-order valence-electron chi connectivity index (χ1n) is 7.77. The Labute approximate surface area is 155 Å². The molecule has 0 aliphatic rings. The smallest absolute Gasteiger partial charge is 0.409 e. The van der Waals surface area contributed by atoms with Crippen LogP contribution in [0.25, 0.3) is 0 Å². The highest BCUT2D eigenvalue weighted by atomic mass is 35.5. The maximum absolute atomic E-state index is 10.8. The largest absolute Gasteiger partial charge is 0.465 e. The summed E-state index contributed by atoms with van der Waals surface area (Å²) in [6.07, 6.45) is 0.521. The summed E-state index contributed by atoms with van der Waals surface area (Å²) in [5, 5.41) is 17.7. The standard InChI is InChI=1S/C18H16ClN5O2/c19-17-21-11-12(10-20-13-5-2-1-3-6-13)16(24-17)22-14-7-4-8-15(9-14)23-18(25)26/h1-9,11,20,23H,10H2,(H,25,26)(H,21,22,24). The maximum atomic E-state index is 10.8. The van der Waals surface area contributed by atoms with Crippen LogP contribution in [0.2, 0.25) is 5.28 Å². The zero-order valence-corrected chi connectivity index (χ0v) is 14.4. The van der Waals surface area contributed by atoms with Crippen molar-refractivity contribution in [1.29, 1.82) is 0 Å².